The van der Waals surface area contributed by atoms with Crippen LogP contribution in [0.5, 0.6) is 0 Å². The molecule has 0 aliphatic carbocycles. The first kappa shape index (κ1) is 22.1. The minimum absolute atomic E-state index is 0.635. The van der Waals surface area contributed by atoms with Gasteiger partial charge in [0.05, 0.1) is 0 Å². The molecule has 0 saturated carbocycles. The number of carbonyl (C=O) groups is 3. The van der Waals surface area contributed by atoms with Crippen molar-refractivity contribution in [3.8, 4) is 33.4 Å². The highest BCUT2D eigenvalue weighted by Gasteiger charge is 2.20. The van der Waals surface area contributed by atoms with Crippen LogP contribution in [0.25, 0.3) is 33.4 Å². The summed E-state index contributed by atoms with van der Waals surface area (Å²) in [6.07, 6.45) is 2.54. The zero-order valence-electron chi connectivity index (χ0n) is 18.9. The molecular weight excluding hydrogens is 408 g/mol. The summed E-state index contributed by atoms with van der Waals surface area (Å²) >= 11 is 0. The molecule has 0 saturated heterocycles. The van der Waals surface area contributed by atoms with E-state index >= 15 is 0 Å². The number of aldehydes is 3. The SMILES string of the molecule is Cc1c(-c2ccc(C=O)cc2)c(C)c(-c2ccc(C=O)cc2)c(C)c1-c1ccc(C=O)cc1. The maximum absolute atomic E-state index is 11.2. The molecule has 0 bridgehead atoms. The maximum atomic E-state index is 11.2. The third-order valence-electron chi connectivity index (χ3n) is 6.26. The summed E-state index contributed by atoms with van der Waals surface area (Å²) < 4.78 is 0. The van der Waals surface area contributed by atoms with Gasteiger partial charge in [0, 0.05) is 16.7 Å². The molecular formula is C30H24O3. The van der Waals surface area contributed by atoms with Crippen molar-refractivity contribution in [2.75, 3.05) is 0 Å². The quantitative estimate of drug-likeness (QED) is 0.307. The highest BCUT2D eigenvalue weighted by Crippen LogP contribution is 2.43. The van der Waals surface area contributed by atoms with E-state index in [0.717, 1.165) is 68.9 Å². The standard InChI is InChI=1S/C30H24O3/c1-19-28(25-10-4-22(16-31)5-11-25)20(2)30(27-14-8-24(18-33)9-15-27)21(3)29(19)26-12-6-23(17-32)7-13-26/h4-18H,1-3H3. The van der Waals surface area contributed by atoms with Crippen molar-refractivity contribution in [3.05, 3.63) is 106 Å². The number of rotatable bonds is 6. The molecule has 0 N–H and O–H groups in total. The Morgan fingerprint density at radius 3 is 0.788 bits per heavy atom. The number of hydrogen-bond acceptors (Lipinski definition) is 3. The Labute approximate surface area is 193 Å². The van der Waals surface area contributed by atoms with Crippen LogP contribution >= 0.6 is 0 Å². The van der Waals surface area contributed by atoms with E-state index in [4.69, 9.17) is 0 Å². The van der Waals surface area contributed by atoms with Crippen molar-refractivity contribution >= 4 is 18.9 Å². The topological polar surface area (TPSA) is 51.2 Å². The van der Waals surface area contributed by atoms with Crippen molar-refractivity contribution in [2.24, 2.45) is 0 Å². The minimum atomic E-state index is 0.635. The number of benzene rings is 4. The summed E-state index contributed by atoms with van der Waals surface area (Å²) in [6.45, 7) is 6.35. The van der Waals surface area contributed by atoms with E-state index in [-0.39, 0.29) is 0 Å². The Morgan fingerprint density at radius 1 is 0.394 bits per heavy atom. The van der Waals surface area contributed by atoms with Crippen LogP contribution in [0.15, 0.2) is 72.8 Å². The lowest BCUT2D eigenvalue weighted by Gasteiger charge is -2.23. The van der Waals surface area contributed by atoms with E-state index in [0.29, 0.717) is 16.7 Å². The lowest BCUT2D eigenvalue weighted by molar-refractivity contribution is 0.111. The predicted molar refractivity (Wildman–Crippen MR) is 133 cm³/mol. The molecule has 0 aliphatic heterocycles. The molecule has 33 heavy (non-hydrogen) atoms. The third-order valence-corrected chi connectivity index (χ3v) is 6.26. The average Bonchev–Trinajstić information content (AvgIpc) is 2.85. The molecule has 4 aromatic carbocycles. The predicted octanol–water partition coefficient (Wildman–Crippen LogP) is 7.05. The molecule has 0 radical (unpaired) electrons. The van der Waals surface area contributed by atoms with Crippen molar-refractivity contribution in [2.45, 2.75) is 20.8 Å². The zero-order valence-corrected chi connectivity index (χ0v) is 18.9. The molecule has 0 unspecified atom stereocenters. The monoisotopic (exact) mass is 432 g/mol. The molecule has 0 amide bonds. The second kappa shape index (κ2) is 9.17. The fourth-order valence-electron chi connectivity index (χ4n) is 4.70. The largest absolute Gasteiger partial charge is 0.298 e. The van der Waals surface area contributed by atoms with E-state index in [1.165, 1.54) is 0 Å². The molecule has 162 valence electrons. The average molecular weight is 433 g/mol. The van der Waals surface area contributed by atoms with Gasteiger partial charge in [-0.3, -0.25) is 14.4 Å². The first-order valence-electron chi connectivity index (χ1n) is 10.8. The summed E-state index contributed by atoms with van der Waals surface area (Å²) in [4.78, 5) is 33.5. The fraction of sp³-hybridized carbons (Fsp3) is 0.100. The van der Waals surface area contributed by atoms with Gasteiger partial charge < -0.3 is 0 Å². The van der Waals surface area contributed by atoms with E-state index in [9.17, 15) is 14.4 Å². The van der Waals surface area contributed by atoms with Crippen LogP contribution in [0.3, 0.4) is 0 Å². The second-order valence-corrected chi connectivity index (χ2v) is 8.22. The van der Waals surface area contributed by atoms with Crippen LogP contribution in [-0.2, 0) is 0 Å². The summed E-state index contributed by atoms with van der Waals surface area (Å²) in [6, 6.07) is 22.9. The molecule has 0 spiro atoms. The van der Waals surface area contributed by atoms with Gasteiger partial charge in [-0.25, -0.2) is 0 Å². The molecule has 0 aliphatic rings. The molecule has 0 atom stereocenters. The highest BCUT2D eigenvalue weighted by molar-refractivity contribution is 5.92. The highest BCUT2D eigenvalue weighted by atomic mass is 16.1. The van der Waals surface area contributed by atoms with Gasteiger partial charge in [-0.1, -0.05) is 72.8 Å². The fourth-order valence-corrected chi connectivity index (χ4v) is 4.70. The van der Waals surface area contributed by atoms with Crippen LogP contribution in [0, 0.1) is 20.8 Å². The Hall–Kier alpha value is -4.11. The first-order chi connectivity index (χ1) is 16.0. The van der Waals surface area contributed by atoms with Gasteiger partial charge in [0.2, 0.25) is 0 Å². The molecule has 3 nitrogen and oxygen atoms in total. The van der Waals surface area contributed by atoms with Crippen molar-refractivity contribution in [1.82, 2.24) is 0 Å². The molecule has 4 aromatic rings. The van der Waals surface area contributed by atoms with Gasteiger partial charge in [-0.2, -0.15) is 0 Å². The minimum Gasteiger partial charge on any atom is -0.298 e. The summed E-state index contributed by atoms with van der Waals surface area (Å²) in [5.41, 5.74) is 11.8. The third kappa shape index (κ3) is 4.06. The summed E-state index contributed by atoms with van der Waals surface area (Å²) in [7, 11) is 0. The summed E-state index contributed by atoms with van der Waals surface area (Å²) in [5.74, 6) is 0. The smallest absolute Gasteiger partial charge is 0.150 e. The maximum Gasteiger partial charge on any atom is 0.150 e. The molecule has 3 heteroatoms. The van der Waals surface area contributed by atoms with Crippen molar-refractivity contribution in [3.63, 3.8) is 0 Å². The van der Waals surface area contributed by atoms with E-state index in [1.54, 1.807) is 0 Å². The molecule has 4 rings (SSSR count). The van der Waals surface area contributed by atoms with Crippen LogP contribution in [0.2, 0.25) is 0 Å². The zero-order chi connectivity index (χ0) is 23.5. The lowest BCUT2D eigenvalue weighted by atomic mass is 9.80. The van der Waals surface area contributed by atoms with Crippen LogP contribution < -0.4 is 0 Å². The van der Waals surface area contributed by atoms with Crippen LogP contribution in [0.4, 0.5) is 0 Å². The second-order valence-electron chi connectivity index (χ2n) is 8.22. The summed E-state index contributed by atoms with van der Waals surface area (Å²) in [5, 5.41) is 0. The Bertz CT molecular complexity index is 1150. The van der Waals surface area contributed by atoms with Gasteiger partial charge in [-0.15, -0.1) is 0 Å². The molecule has 0 heterocycles. The van der Waals surface area contributed by atoms with Gasteiger partial charge >= 0.3 is 0 Å². The molecule has 0 fully saturated rings. The first-order valence-corrected chi connectivity index (χ1v) is 10.8. The van der Waals surface area contributed by atoms with Gasteiger partial charge in [0.15, 0.2) is 0 Å². The number of carbonyl (C=O) groups excluding carboxylic acids is 3. The van der Waals surface area contributed by atoms with Gasteiger partial charge in [0.25, 0.3) is 0 Å². The normalized spacial score (nSPS) is 10.6. The molecule has 0 aromatic heterocycles. The van der Waals surface area contributed by atoms with Gasteiger partial charge in [-0.05, 0) is 70.8 Å². The number of hydrogen-bond donors (Lipinski definition) is 0. The lowest BCUT2D eigenvalue weighted by Crippen LogP contribution is -2.01. The van der Waals surface area contributed by atoms with Crippen molar-refractivity contribution < 1.29 is 14.4 Å². The Balaban J connectivity index is 2.05. The Morgan fingerprint density at radius 2 is 0.606 bits per heavy atom. The van der Waals surface area contributed by atoms with E-state index < -0.39 is 0 Å². The van der Waals surface area contributed by atoms with Gasteiger partial charge in [0.1, 0.15) is 18.9 Å². The van der Waals surface area contributed by atoms with E-state index in [1.807, 2.05) is 72.8 Å². The van der Waals surface area contributed by atoms with E-state index in [2.05, 4.69) is 20.8 Å². The Kier molecular flexibility index (Phi) is 6.14. The van der Waals surface area contributed by atoms with Crippen LogP contribution in [-0.4, -0.2) is 18.9 Å². The van der Waals surface area contributed by atoms with Crippen LogP contribution in [0.1, 0.15) is 47.8 Å². The van der Waals surface area contributed by atoms with Crippen molar-refractivity contribution in [1.29, 1.82) is 0 Å².